The zero-order chi connectivity index (χ0) is 17.9. The van der Waals surface area contributed by atoms with Crippen LogP contribution in [0.4, 0.5) is 0 Å². The van der Waals surface area contributed by atoms with Gasteiger partial charge in [-0.05, 0) is 69.7 Å². The van der Waals surface area contributed by atoms with Gasteiger partial charge < -0.3 is 9.47 Å². The Kier molecular flexibility index (Phi) is 8.14. The fourth-order valence-electron chi connectivity index (χ4n) is 1.83. The van der Waals surface area contributed by atoms with Crippen molar-refractivity contribution in [2.75, 3.05) is 0 Å². The number of benzene rings is 1. The minimum absolute atomic E-state index is 0.611. The molecule has 0 spiro atoms. The molecule has 0 atom stereocenters. The lowest BCUT2D eigenvalue weighted by Gasteiger charge is -2.11. The van der Waals surface area contributed by atoms with Gasteiger partial charge in [0.15, 0.2) is 0 Å². The van der Waals surface area contributed by atoms with E-state index >= 15 is 0 Å². The molecule has 0 bridgehead atoms. The van der Waals surface area contributed by atoms with Crippen molar-refractivity contribution in [3.05, 3.63) is 102 Å². The van der Waals surface area contributed by atoms with E-state index in [-0.39, 0.29) is 0 Å². The van der Waals surface area contributed by atoms with Gasteiger partial charge in [0.2, 0.25) is 0 Å². The number of aryl methyl sites for hydroxylation is 1. The topological polar surface area (TPSA) is 18.5 Å². The van der Waals surface area contributed by atoms with Crippen LogP contribution in [0.2, 0.25) is 0 Å². The van der Waals surface area contributed by atoms with E-state index < -0.39 is 0 Å². The molecule has 0 heterocycles. The van der Waals surface area contributed by atoms with Crippen molar-refractivity contribution in [1.29, 1.82) is 0 Å². The van der Waals surface area contributed by atoms with Crippen LogP contribution >= 0.6 is 0 Å². The average molecular weight is 322 g/mol. The molecular formula is C22H26O2. The third-order valence-corrected chi connectivity index (χ3v) is 3.26. The maximum absolute atomic E-state index is 5.87. The second-order valence-electron chi connectivity index (χ2n) is 5.25. The number of hydrogen-bond donors (Lipinski definition) is 0. The highest BCUT2D eigenvalue weighted by Gasteiger charge is 2.03. The molecule has 0 aliphatic rings. The van der Waals surface area contributed by atoms with Gasteiger partial charge in [-0.2, -0.15) is 0 Å². The summed E-state index contributed by atoms with van der Waals surface area (Å²) in [7, 11) is 0. The van der Waals surface area contributed by atoms with Gasteiger partial charge in [0, 0.05) is 6.08 Å². The normalized spacial score (nSPS) is 13.5. The van der Waals surface area contributed by atoms with E-state index in [4.69, 9.17) is 9.47 Å². The zero-order valence-corrected chi connectivity index (χ0v) is 15.0. The van der Waals surface area contributed by atoms with Crippen LogP contribution in [-0.4, -0.2) is 0 Å². The SMILES string of the molecule is C=C/C(=C\C(C)=C/C)OC(/C=C(\C=C)Oc1cccc(C)c1)=C/C. The Hall–Kier alpha value is -2.74. The predicted octanol–water partition coefficient (Wildman–Crippen LogP) is 6.40. The van der Waals surface area contributed by atoms with Crippen LogP contribution in [-0.2, 0) is 4.74 Å². The molecule has 1 aromatic rings. The Bertz CT molecular complexity index is 700. The Labute approximate surface area is 145 Å². The van der Waals surface area contributed by atoms with Gasteiger partial charge in [0.1, 0.15) is 23.0 Å². The van der Waals surface area contributed by atoms with Crippen LogP contribution in [0.15, 0.2) is 96.7 Å². The van der Waals surface area contributed by atoms with Crippen LogP contribution in [0.5, 0.6) is 5.75 Å². The average Bonchev–Trinajstić information content (AvgIpc) is 2.59. The maximum Gasteiger partial charge on any atom is 0.130 e. The molecule has 0 saturated carbocycles. The van der Waals surface area contributed by atoms with Gasteiger partial charge in [0.25, 0.3) is 0 Å². The molecule has 0 unspecified atom stereocenters. The van der Waals surface area contributed by atoms with E-state index in [1.165, 1.54) is 0 Å². The first kappa shape index (κ1) is 19.3. The van der Waals surface area contributed by atoms with Gasteiger partial charge in [-0.1, -0.05) is 36.9 Å². The standard InChI is InChI=1S/C22H26O2/c1-7-17(5)14-19(8-2)23-20(9-3)16-21(10-4)24-22-13-11-12-18(6)15-22/h7-16H,2,4H2,1,3,5-6H3/b17-7-,19-14+,20-9+,21-16+. The van der Waals surface area contributed by atoms with Crippen molar-refractivity contribution in [3.63, 3.8) is 0 Å². The summed E-state index contributed by atoms with van der Waals surface area (Å²) in [4.78, 5) is 0. The minimum atomic E-state index is 0.611. The zero-order valence-electron chi connectivity index (χ0n) is 15.0. The smallest absolute Gasteiger partial charge is 0.130 e. The molecule has 24 heavy (non-hydrogen) atoms. The van der Waals surface area contributed by atoms with Gasteiger partial charge in [-0.25, -0.2) is 0 Å². The van der Waals surface area contributed by atoms with E-state index in [9.17, 15) is 0 Å². The summed E-state index contributed by atoms with van der Waals surface area (Å²) in [5.74, 6) is 2.71. The summed E-state index contributed by atoms with van der Waals surface area (Å²) in [6.45, 7) is 15.5. The molecule has 0 N–H and O–H groups in total. The third kappa shape index (κ3) is 6.57. The summed E-state index contributed by atoms with van der Waals surface area (Å²) in [5, 5.41) is 0. The fraction of sp³-hybridized carbons (Fsp3) is 0.182. The van der Waals surface area contributed by atoms with Crippen molar-refractivity contribution in [3.8, 4) is 5.75 Å². The van der Waals surface area contributed by atoms with Crippen molar-refractivity contribution in [1.82, 2.24) is 0 Å². The molecule has 1 aromatic carbocycles. The first-order valence-corrected chi connectivity index (χ1v) is 7.92. The second-order valence-corrected chi connectivity index (χ2v) is 5.25. The highest BCUT2D eigenvalue weighted by molar-refractivity contribution is 5.33. The van der Waals surface area contributed by atoms with E-state index in [0.717, 1.165) is 16.9 Å². The van der Waals surface area contributed by atoms with Crippen LogP contribution in [0, 0.1) is 6.92 Å². The van der Waals surface area contributed by atoms with Crippen LogP contribution < -0.4 is 4.74 Å². The molecule has 126 valence electrons. The highest BCUT2D eigenvalue weighted by atomic mass is 16.5. The molecule has 0 aromatic heterocycles. The minimum Gasteiger partial charge on any atom is -0.458 e. The van der Waals surface area contributed by atoms with Gasteiger partial charge in [-0.15, -0.1) is 0 Å². The first-order chi connectivity index (χ1) is 11.5. The summed E-state index contributed by atoms with van der Waals surface area (Å²) in [5.41, 5.74) is 2.24. The Morgan fingerprint density at radius 2 is 1.67 bits per heavy atom. The van der Waals surface area contributed by atoms with Gasteiger partial charge in [-0.3, -0.25) is 0 Å². The second kappa shape index (κ2) is 10.1. The Balaban J connectivity index is 2.97. The summed E-state index contributed by atoms with van der Waals surface area (Å²) in [6.07, 6.45) is 10.9. The van der Waals surface area contributed by atoms with Crippen molar-refractivity contribution in [2.24, 2.45) is 0 Å². The molecule has 2 nitrogen and oxygen atoms in total. The molecule has 0 aliphatic heterocycles. The van der Waals surface area contributed by atoms with E-state index in [1.54, 1.807) is 18.2 Å². The summed E-state index contributed by atoms with van der Waals surface area (Å²) < 4.78 is 11.7. The fourth-order valence-corrected chi connectivity index (χ4v) is 1.83. The van der Waals surface area contributed by atoms with Crippen LogP contribution in [0.3, 0.4) is 0 Å². The van der Waals surface area contributed by atoms with Crippen molar-refractivity contribution >= 4 is 0 Å². The lowest BCUT2D eigenvalue weighted by atomic mass is 10.2. The van der Waals surface area contributed by atoms with Crippen LogP contribution in [0.25, 0.3) is 0 Å². The summed E-state index contributed by atoms with van der Waals surface area (Å²) in [6, 6.07) is 7.86. The molecule has 0 radical (unpaired) electrons. The van der Waals surface area contributed by atoms with Crippen molar-refractivity contribution in [2.45, 2.75) is 27.7 Å². The number of ether oxygens (including phenoxy) is 2. The summed E-state index contributed by atoms with van der Waals surface area (Å²) >= 11 is 0. The largest absolute Gasteiger partial charge is 0.458 e. The van der Waals surface area contributed by atoms with Gasteiger partial charge >= 0.3 is 0 Å². The third-order valence-electron chi connectivity index (χ3n) is 3.26. The molecule has 0 saturated heterocycles. The Morgan fingerprint density at radius 3 is 2.21 bits per heavy atom. The highest BCUT2D eigenvalue weighted by Crippen LogP contribution is 2.19. The molecule has 1 rings (SSSR count). The van der Waals surface area contributed by atoms with E-state index in [1.807, 2.05) is 70.2 Å². The lowest BCUT2D eigenvalue weighted by Crippen LogP contribution is -1.96. The number of hydrogen-bond acceptors (Lipinski definition) is 2. The van der Waals surface area contributed by atoms with Gasteiger partial charge in [0.05, 0.1) is 0 Å². The molecule has 0 aliphatic carbocycles. The van der Waals surface area contributed by atoms with Crippen LogP contribution in [0.1, 0.15) is 26.3 Å². The Morgan fingerprint density at radius 1 is 0.958 bits per heavy atom. The van der Waals surface area contributed by atoms with E-state index in [2.05, 4.69) is 13.2 Å². The number of allylic oxidation sites excluding steroid dienone is 7. The molecule has 2 heteroatoms. The quantitative estimate of drug-likeness (QED) is 0.407. The van der Waals surface area contributed by atoms with E-state index in [0.29, 0.717) is 17.3 Å². The van der Waals surface area contributed by atoms with Crippen molar-refractivity contribution < 1.29 is 9.47 Å². The lowest BCUT2D eigenvalue weighted by molar-refractivity contribution is 0.330. The molecule has 0 fully saturated rings. The number of rotatable bonds is 8. The predicted molar refractivity (Wildman–Crippen MR) is 103 cm³/mol. The first-order valence-electron chi connectivity index (χ1n) is 7.92. The monoisotopic (exact) mass is 322 g/mol. The molecular weight excluding hydrogens is 296 g/mol. The maximum atomic E-state index is 5.87. The molecule has 0 amide bonds.